The maximum atomic E-state index is 9.62. The topological polar surface area (TPSA) is 20.2 Å². The number of rotatable bonds is 1. The second kappa shape index (κ2) is 3.22. The third-order valence-corrected chi connectivity index (χ3v) is 2.04. The first-order valence-electron chi connectivity index (χ1n) is 4.12. The molecule has 0 unspecified atom stereocenters. The number of hydrogen-bond donors (Lipinski definition) is 1. The van der Waals surface area contributed by atoms with E-state index in [4.69, 9.17) is 7.85 Å². The summed E-state index contributed by atoms with van der Waals surface area (Å²) < 4.78 is 0. The lowest BCUT2D eigenvalue weighted by Crippen LogP contribution is -2.07. The summed E-state index contributed by atoms with van der Waals surface area (Å²) in [5.74, 6) is 0.554. The van der Waals surface area contributed by atoms with Crippen LogP contribution in [0.15, 0.2) is 12.1 Å². The van der Waals surface area contributed by atoms with Crippen LogP contribution in [0.25, 0.3) is 0 Å². The summed E-state index contributed by atoms with van der Waals surface area (Å²) in [6, 6.07) is 3.67. The van der Waals surface area contributed by atoms with Crippen molar-refractivity contribution in [2.24, 2.45) is 0 Å². The number of hydrogen-bond acceptors (Lipinski definition) is 1. The van der Waals surface area contributed by atoms with Crippen LogP contribution in [0, 0.1) is 6.92 Å². The maximum Gasteiger partial charge on any atom is 0.119 e. The summed E-state index contributed by atoms with van der Waals surface area (Å²) in [4.78, 5) is 0. The van der Waals surface area contributed by atoms with Crippen LogP contribution in [0.2, 0.25) is 0 Å². The van der Waals surface area contributed by atoms with Crippen molar-refractivity contribution < 1.29 is 5.11 Å². The van der Waals surface area contributed by atoms with E-state index in [2.05, 4.69) is 0 Å². The van der Waals surface area contributed by atoms with Crippen molar-refractivity contribution >= 4 is 13.3 Å². The maximum absolute atomic E-state index is 9.62. The second-order valence-corrected chi connectivity index (χ2v) is 3.39. The molecule has 0 amide bonds. The molecular weight excluding hydrogens is 147 g/mol. The molecule has 1 rings (SSSR count). The van der Waals surface area contributed by atoms with Crippen LogP contribution >= 0.6 is 0 Å². The van der Waals surface area contributed by atoms with E-state index in [1.165, 1.54) is 0 Å². The van der Waals surface area contributed by atoms with E-state index in [1.54, 1.807) is 6.07 Å². The third kappa shape index (κ3) is 1.47. The van der Waals surface area contributed by atoms with Gasteiger partial charge in [0.15, 0.2) is 0 Å². The zero-order valence-corrected chi connectivity index (χ0v) is 7.76. The fourth-order valence-corrected chi connectivity index (χ4v) is 1.45. The Morgan fingerprint density at radius 2 is 1.92 bits per heavy atom. The highest BCUT2D eigenvalue weighted by Gasteiger charge is 2.09. The molecule has 0 aliphatic carbocycles. The molecule has 0 heterocycles. The Hall–Kier alpha value is -0.915. The van der Waals surface area contributed by atoms with E-state index in [0.29, 0.717) is 11.4 Å². The Labute approximate surface area is 74.8 Å². The van der Waals surface area contributed by atoms with Crippen molar-refractivity contribution in [3.8, 4) is 5.75 Å². The largest absolute Gasteiger partial charge is 0.508 e. The van der Waals surface area contributed by atoms with Gasteiger partial charge in [0.05, 0.1) is 0 Å². The average Bonchev–Trinajstić information content (AvgIpc) is 1.97. The molecule has 0 aliphatic heterocycles. The Kier molecular flexibility index (Phi) is 2.46. The number of aryl methyl sites for hydroxylation is 1. The quantitative estimate of drug-likeness (QED) is 0.619. The lowest BCUT2D eigenvalue weighted by Gasteiger charge is -2.13. The molecule has 0 saturated carbocycles. The molecule has 0 atom stereocenters. The minimum atomic E-state index is 0.241. The monoisotopic (exact) mass is 160 g/mol. The van der Waals surface area contributed by atoms with Gasteiger partial charge in [-0.1, -0.05) is 31.4 Å². The Morgan fingerprint density at radius 1 is 1.33 bits per heavy atom. The molecule has 1 N–H and O–H groups in total. The second-order valence-electron chi connectivity index (χ2n) is 3.39. The van der Waals surface area contributed by atoms with E-state index < -0.39 is 0 Å². The van der Waals surface area contributed by atoms with E-state index in [-0.39, 0.29) is 5.75 Å². The van der Waals surface area contributed by atoms with Crippen LogP contribution in [0.3, 0.4) is 0 Å². The van der Waals surface area contributed by atoms with Gasteiger partial charge in [-0.15, -0.1) is 0 Å². The molecule has 1 nitrogen and oxygen atoms in total. The Bertz CT molecular complexity index is 292. The normalized spacial score (nSPS) is 10.7. The van der Waals surface area contributed by atoms with Crippen LogP contribution in [-0.2, 0) is 0 Å². The molecule has 0 aromatic heterocycles. The van der Waals surface area contributed by atoms with Gasteiger partial charge in [0, 0.05) is 0 Å². The van der Waals surface area contributed by atoms with Gasteiger partial charge in [-0.2, -0.15) is 0 Å². The predicted molar refractivity (Wildman–Crippen MR) is 52.3 cm³/mol. The summed E-state index contributed by atoms with van der Waals surface area (Å²) in [5.41, 5.74) is 2.51. The zero-order chi connectivity index (χ0) is 9.30. The SMILES string of the molecule is [B]c1ccc(C)c(C(C)C)c1O. The summed E-state index contributed by atoms with van der Waals surface area (Å²) in [6.07, 6.45) is 0. The molecule has 2 heteroatoms. The van der Waals surface area contributed by atoms with Crippen molar-refractivity contribution in [3.05, 3.63) is 23.3 Å². The molecular formula is C10H13BO. The standard InChI is InChI=1S/C10H13BO/c1-6(2)9-7(3)4-5-8(11)10(9)12/h4-6,12H,1-3H3. The van der Waals surface area contributed by atoms with Gasteiger partial charge in [0.2, 0.25) is 0 Å². The summed E-state index contributed by atoms with van der Waals surface area (Å²) >= 11 is 0. The van der Waals surface area contributed by atoms with Crippen molar-refractivity contribution in [2.75, 3.05) is 0 Å². The highest BCUT2D eigenvalue weighted by atomic mass is 16.3. The van der Waals surface area contributed by atoms with Crippen molar-refractivity contribution in [2.45, 2.75) is 26.7 Å². The fraction of sp³-hybridized carbons (Fsp3) is 0.400. The van der Waals surface area contributed by atoms with Gasteiger partial charge >= 0.3 is 0 Å². The molecule has 12 heavy (non-hydrogen) atoms. The van der Waals surface area contributed by atoms with E-state index in [9.17, 15) is 5.11 Å². The lowest BCUT2D eigenvalue weighted by molar-refractivity contribution is 0.468. The summed E-state index contributed by atoms with van der Waals surface area (Å²) in [5, 5.41) is 9.62. The minimum Gasteiger partial charge on any atom is -0.508 e. The van der Waals surface area contributed by atoms with Crippen LogP contribution in [0.1, 0.15) is 30.9 Å². The zero-order valence-electron chi connectivity index (χ0n) is 7.76. The van der Waals surface area contributed by atoms with E-state index >= 15 is 0 Å². The molecule has 2 radical (unpaired) electrons. The third-order valence-electron chi connectivity index (χ3n) is 2.04. The van der Waals surface area contributed by atoms with Crippen LogP contribution in [0.5, 0.6) is 5.75 Å². The number of benzene rings is 1. The van der Waals surface area contributed by atoms with E-state index in [0.717, 1.165) is 11.1 Å². The number of phenolic OH excluding ortho intramolecular Hbond substituents is 1. The first kappa shape index (κ1) is 9.18. The van der Waals surface area contributed by atoms with Crippen LogP contribution < -0.4 is 5.46 Å². The number of aromatic hydroxyl groups is 1. The molecule has 0 spiro atoms. The Morgan fingerprint density at radius 3 is 2.33 bits per heavy atom. The first-order chi connectivity index (χ1) is 5.54. The van der Waals surface area contributed by atoms with Gasteiger partial charge in [0.1, 0.15) is 13.6 Å². The van der Waals surface area contributed by atoms with Crippen molar-refractivity contribution in [3.63, 3.8) is 0 Å². The van der Waals surface area contributed by atoms with Gasteiger partial charge < -0.3 is 5.11 Å². The molecule has 0 fully saturated rings. The minimum absolute atomic E-state index is 0.241. The molecule has 0 bridgehead atoms. The summed E-state index contributed by atoms with van der Waals surface area (Å²) in [7, 11) is 5.58. The van der Waals surface area contributed by atoms with Crippen LogP contribution in [-0.4, -0.2) is 13.0 Å². The van der Waals surface area contributed by atoms with Gasteiger partial charge in [0.25, 0.3) is 0 Å². The molecule has 0 saturated heterocycles. The highest BCUT2D eigenvalue weighted by Crippen LogP contribution is 2.26. The summed E-state index contributed by atoms with van der Waals surface area (Å²) in [6.45, 7) is 6.07. The van der Waals surface area contributed by atoms with E-state index in [1.807, 2.05) is 26.8 Å². The Balaban J connectivity index is 3.33. The number of phenols is 1. The van der Waals surface area contributed by atoms with Crippen molar-refractivity contribution in [1.29, 1.82) is 0 Å². The molecule has 62 valence electrons. The smallest absolute Gasteiger partial charge is 0.119 e. The first-order valence-corrected chi connectivity index (χ1v) is 4.12. The lowest BCUT2D eigenvalue weighted by atomic mass is 9.87. The van der Waals surface area contributed by atoms with Gasteiger partial charge in [-0.05, 0) is 24.0 Å². The van der Waals surface area contributed by atoms with Gasteiger partial charge in [-0.3, -0.25) is 0 Å². The fourth-order valence-electron chi connectivity index (χ4n) is 1.45. The predicted octanol–water partition coefficient (Wildman–Crippen LogP) is 1.62. The van der Waals surface area contributed by atoms with Crippen LogP contribution in [0.4, 0.5) is 0 Å². The van der Waals surface area contributed by atoms with Crippen molar-refractivity contribution in [1.82, 2.24) is 0 Å². The highest BCUT2D eigenvalue weighted by molar-refractivity contribution is 6.34. The molecule has 0 aliphatic rings. The molecule has 1 aromatic carbocycles. The molecule has 1 aromatic rings. The van der Waals surface area contributed by atoms with Gasteiger partial charge in [-0.25, -0.2) is 0 Å². The average molecular weight is 160 g/mol.